The van der Waals surface area contributed by atoms with Gasteiger partial charge in [0, 0.05) is 12.8 Å². The molecule has 0 N–H and O–H groups in total. The van der Waals surface area contributed by atoms with Crippen molar-refractivity contribution in [1.29, 1.82) is 0 Å². The third-order valence-corrected chi connectivity index (χ3v) is 6.64. The van der Waals surface area contributed by atoms with Gasteiger partial charge in [0.2, 0.25) is 0 Å². The summed E-state index contributed by atoms with van der Waals surface area (Å²) < 4.78 is 10.6. The van der Waals surface area contributed by atoms with Crippen LogP contribution in [0.25, 0.3) is 0 Å². The Morgan fingerprint density at radius 2 is 0.714 bits per heavy atom. The summed E-state index contributed by atoms with van der Waals surface area (Å²) in [5.74, 6) is 1.28. The summed E-state index contributed by atoms with van der Waals surface area (Å²) >= 11 is 0. The zero-order valence-electron chi connectivity index (χ0n) is 24.1. The summed E-state index contributed by atoms with van der Waals surface area (Å²) in [5, 5.41) is 0. The molecule has 0 aliphatic rings. The van der Waals surface area contributed by atoms with Gasteiger partial charge in [0.05, 0.1) is 13.2 Å². The van der Waals surface area contributed by atoms with Crippen LogP contribution in [-0.2, 0) is 19.1 Å². The quantitative estimate of drug-likeness (QED) is 0.0883. The van der Waals surface area contributed by atoms with Crippen LogP contribution >= 0.6 is 0 Å². The van der Waals surface area contributed by atoms with Gasteiger partial charge in [0.15, 0.2) is 0 Å². The lowest BCUT2D eigenvalue weighted by Gasteiger charge is -2.07. The molecule has 0 heterocycles. The molecule has 0 saturated heterocycles. The molecule has 0 unspecified atom stereocenters. The molecule has 0 aromatic rings. The molecule has 0 spiro atoms. The van der Waals surface area contributed by atoms with E-state index >= 15 is 0 Å². The SMILES string of the molecule is CC(C)CCCCCCCCCCOC(=O)CCCC(=O)OCCCCCCCCCCC(C)C. The Labute approximate surface area is 218 Å². The summed E-state index contributed by atoms with van der Waals surface area (Å²) in [6, 6.07) is 0. The summed E-state index contributed by atoms with van der Waals surface area (Å²) in [6.07, 6.45) is 23.8. The monoisotopic (exact) mass is 496 g/mol. The van der Waals surface area contributed by atoms with Gasteiger partial charge in [-0.15, -0.1) is 0 Å². The van der Waals surface area contributed by atoms with E-state index in [1.807, 2.05) is 0 Å². The maximum atomic E-state index is 11.8. The molecular formula is C31H60O4. The van der Waals surface area contributed by atoms with E-state index in [0.717, 1.165) is 37.5 Å². The fraction of sp³-hybridized carbons (Fsp3) is 0.935. The minimum absolute atomic E-state index is 0.188. The molecule has 0 fully saturated rings. The van der Waals surface area contributed by atoms with Crippen LogP contribution in [0.15, 0.2) is 0 Å². The van der Waals surface area contributed by atoms with E-state index in [4.69, 9.17) is 9.47 Å². The van der Waals surface area contributed by atoms with Crippen molar-refractivity contribution in [1.82, 2.24) is 0 Å². The van der Waals surface area contributed by atoms with E-state index in [1.165, 1.54) is 89.9 Å². The fourth-order valence-corrected chi connectivity index (χ4v) is 4.32. The molecule has 0 amide bonds. The molecule has 0 aliphatic heterocycles. The molecule has 208 valence electrons. The Balaban J connectivity index is 3.31. The van der Waals surface area contributed by atoms with Crippen molar-refractivity contribution in [3.63, 3.8) is 0 Å². The first-order chi connectivity index (χ1) is 16.9. The lowest BCUT2D eigenvalue weighted by molar-refractivity contribution is -0.145. The average molecular weight is 497 g/mol. The molecular weight excluding hydrogens is 436 g/mol. The second-order valence-corrected chi connectivity index (χ2v) is 11.3. The van der Waals surface area contributed by atoms with Crippen LogP contribution in [-0.4, -0.2) is 25.2 Å². The van der Waals surface area contributed by atoms with Gasteiger partial charge in [0.1, 0.15) is 0 Å². The highest BCUT2D eigenvalue weighted by atomic mass is 16.5. The largest absolute Gasteiger partial charge is 0.466 e. The van der Waals surface area contributed by atoms with Gasteiger partial charge in [-0.1, -0.05) is 130 Å². The van der Waals surface area contributed by atoms with Crippen molar-refractivity contribution in [2.75, 3.05) is 13.2 Å². The van der Waals surface area contributed by atoms with Crippen LogP contribution in [0.2, 0.25) is 0 Å². The first-order valence-corrected chi connectivity index (χ1v) is 15.2. The van der Waals surface area contributed by atoms with Gasteiger partial charge in [-0.2, -0.15) is 0 Å². The first kappa shape index (κ1) is 33.9. The smallest absolute Gasteiger partial charge is 0.305 e. The Bertz CT molecular complexity index is 431. The minimum Gasteiger partial charge on any atom is -0.466 e. The highest BCUT2D eigenvalue weighted by molar-refractivity contribution is 5.72. The van der Waals surface area contributed by atoms with Gasteiger partial charge < -0.3 is 9.47 Å². The predicted octanol–water partition coefficient (Wildman–Crippen LogP) is 9.58. The fourth-order valence-electron chi connectivity index (χ4n) is 4.32. The van der Waals surface area contributed by atoms with Crippen molar-refractivity contribution < 1.29 is 19.1 Å². The van der Waals surface area contributed by atoms with Crippen molar-refractivity contribution in [3.8, 4) is 0 Å². The number of carbonyl (C=O) groups excluding carboxylic acids is 2. The highest BCUT2D eigenvalue weighted by Crippen LogP contribution is 2.14. The lowest BCUT2D eigenvalue weighted by atomic mass is 10.0. The maximum absolute atomic E-state index is 11.8. The number of esters is 2. The van der Waals surface area contributed by atoms with Crippen molar-refractivity contribution >= 4 is 11.9 Å². The van der Waals surface area contributed by atoms with E-state index in [9.17, 15) is 9.59 Å². The molecule has 4 nitrogen and oxygen atoms in total. The van der Waals surface area contributed by atoms with Gasteiger partial charge in [-0.05, 0) is 31.1 Å². The molecule has 0 bridgehead atoms. The molecule has 0 aliphatic carbocycles. The summed E-state index contributed by atoms with van der Waals surface area (Å²) in [5.41, 5.74) is 0. The lowest BCUT2D eigenvalue weighted by Crippen LogP contribution is -2.09. The number of carbonyl (C=O) groups is 2. The maximum Gasteiger partial charge on any atom is 0.305 e. The second kappa shape index (κ2) is 26.0. The first-order valence-electron chi connectivity index (χ1n) is 15.2. The molecule has 35 heavy (non-hydrogen) atoms. The second-order valence-electron chi connectivity index (χ2n) is 11.3. The number of hydrogen-bond donors (Lipinski definition) is 0. The number of ether oxygens (including phenoxy) is 2. The van der Waals surface area contributed by atoms with E-state index in [2.05, 4.69) is 27.7 Å². The van der Waals surface area contributed by atoms with Crippen LogP contribution < -0.4 is 0 Å². The Kier molecular flexibility index (Phi) is 25.2. The van der Waals surface area contributed by atoms with E-state index in [0.29, 0.717) is 32.5 Å². The summed E-state index contributed by atoms with van der Waals surface area (Å²) in [6.45, 7) is 10.2. The molecule has 0 aromatic carbocycles. The van der Waals surface area contributed by atoms with Gasteiger partial charge >= 0.3 is 11.9 Å². The highest BCUT2D eigenvalue weighted by Gasteiger charge is 2.07. The normalized spacial score (nSPS) is 11.4. The van der Waals surface area contributed by atoms with Crippen LogP contribution in [0.1, 0.15) is 163 Å². The summed E-state index contributed by atoms with van der Waals surface area (Å²) in [4.78, 5) is 23.6. The predicted molar refractivity (Wildman–Crippen MR) is 149 cm³/mol. The molecule has 0 atom stereocenters. The Hall–Kier alpha value is -1.06. The molecule has 0 aromatic heterocycles. The van der Waals surface area contributed by atoms with E-state index in [1.54, 1.807) is 0 Å². The third kappa shape index (κ3) is 29.1. The average Bonchev–Trinajstić information content (AvgIpc) is 2.80. The summed E-state index contributed by atoms with van der Waals surface area (Å²) in [7, 11) is 0. The van der Waals surface area contributed by atoms with Crippen LogP contribution in [0.3, 0.4) is 0 Å². The zero-order valence-corrected chi connectivity index (χ0v) is 24.1. The minimum atomic E-state index is -0.188. The van der Waals surface area contributed by atoms with Crippen LogP contribution in [0.5, 0.6) is 0 Å². The number of hydrogen-bond acceptors (Lipinski definition) is 4. The Morgan fingerprint density at radius 3 is 1.03 bits per heavy atom. The van der Waals surface area contributed by atoms with Crippen LogP contribution in [0.4, 0.5) is 0 Å². The molecule has 0 rings (SSSR count). The third-order valence-electron chi connectivity index (χ3n) is 6.64. The van der Waals surface area contributed by atoms with Crippen molar-refractivity contribution in [3.05, 3.63) is 0 Å². The van der Waals surface area contributed by atoms with E-state index in [-0.39, 0.29) is 11.9 Å². The van der Waals surface area contributed by atoms with E-state index < -0.39 is 0 Å². The molecule has 0 saturated carbocycles. The standard InChI is InChI=1S/C31H60O4/c1-28(2)22-17-13-9-5-7-11-15-19-26-34-30(32)24-21-25-31(33)35-27-20-16-12-8-6-10-14-18-23-29(3)4/h28-29H,5-27H2,1-4H3. The number of rotatable bonds is 26. The Morgan fingerprint density at radius 1 is 0.429 bits per heavy atom. The molecule has 4 heteroatoms. The van der Waals surface area contributed by atoms with Crippen molar-refractivity contribution in [2.24, 2.45) is 11.8 Å². The van der Waals surface area contributed by atoms with Crippen molar-refractivity contribution in [2.45, 2.75) is 163 Å². The zero-order chi connectivity index (χ0) is 26.0. The van der Waals surface area contributed by atoms with Gasteiger partial charge in [0.25, 0.3) is 0 Å². The van der Waals surface area contributed by atoms with Crippen LogP contribution in [0, 0.1) is 11.8 Å². The van der Waals surface area contributed by atoms with Gasteiger partial charge in [-0.25, -0.2) is 0 Å². The topological polar surface area (TPSA) is 52.6 Å². The van der Waals surface area contributed by atoms with Gasteiger partial charge in [-0.3, -0.25) is 9.59 Å². The molecule has 0 radical (unpaired) electrons. The number of unbranched alkanes of at least 4 members (excludes halogenated alkanes) is 14.